The lowest BCUT2D eigenvalue weighted by Gasteiger charge is -2.18. The number of carbonyl (C=O) groups excluding carboxylic acids is 3. The zero-order chi connectivity index (χ0) is 45.8. The molecule has 0 rings (SSSR count). The van der Waals surface area contributed by atoms with Crippen LogP contribution in [0.4, 0.5) is 0 Å². The smallest absolute Gasteiger partial charge is 0.306 e. The Labute approximate surface area is 384 Å². The van der Waals surface area contributed by atoms with Crippen LogP contribution in [-0.2, 0) is 28.6 Å². The van der Waals surface area contributed by atoms with Crippen LogP contribution in [0.15, 0.2) is 158 Å². The van der Waals surface area contributed by atoms with Crippen molar-refractivity contribution in [2.45, 2.75) is 168 Å². The monoisotopic (exact) mass is 865 g/mol. The molecule has 0 amide bonds. The lowest BCUT2D eigenvalue weighted by atomic mass is 10.1. The van der Waals surface area contributed by atoms with Gasteiger partial charge in [-0.1, -0.05) is 204 Å². The predicted molar refractivity (Wildman–Crippen MR) is 269 cm³/mol. The zero-order valence-electron chi connectivity index (χ0n) is 39.5. The average molecular weight is 865 g/mol. The van der Waals surface area contributed by atoms with Crippen molar-refractivity contribution in [3.8, 4) is 0 Å². The molecule has 1 unspecified atom stereocenters. The molecule has 0 bridgehead atoms. The number of rotatable bonds is 40. The van der Waals surface area contributed by atoms with Crippen LogP contribution in [0.1, 0.15) is 162 Å². The van der Waals surface area contributed by atoms with Gasteiger partial charge in [0, 0.05) is 19.3 Å². The van der Waals surface area contributed by atoms with Crippen LogP contribution >= 0.6 is 0 Å². The molecule has 0 N–H and O–H groups in total. The molecule has 0 aliphatic carbocycles. The second-order valence-corrected chi connectivity index (χ2v) is 15.1. The number of hydrogen-bond donors (Lipinski definition) is 0. The molecular formula is C57H84O6. The van der Waals surface area contributed by atoms with Crippen LogP contribution in [0.25, 0.3) is 0 Å². The van der Waals surface area contributed by atoms with Crippen molar-refractivity contribution in [1.29, 1.82) is 0 Å². The molecule has 63 heavy (non-hydrogen) atoms. The first-order valence-corrected chi connectivity index (χ1v) is 24.1. The molecule has 0 heterocycles. The summed E-state index contributed by atoms with van der Waals surface area (Å²) in [7, 11) is 0. The predicted octanol–water partition coefficient (Wildman–Crippen LogP) is 15.9. The maximum Gasteiger partial charge on any atom is 0.306 e. The van der Waals surface area contributed by atoms with Crippen LogP contribution in [0.3, 0.4) is 0 Å². The fourth-order valence-corrected chi connectivity index (χ4v) is 5.67. The highest BCUT2D eigenvalue weighted by atomic mass is 16.6. The summed E-state index contributed by atoms with van der Waals surface area (Å²) in [5.41, 5.74) is 0. The van der Waals surface area contributed by atoms with Crippen LogP contribution in [0.5, 0.6) is 0 Å². The van der Waals surface area contributed by atoms with E-state index in [4.69, 9.17) is 14.2 Å². The molecule has 0 aromatic rings. The third kappa shape index (κ3) is 47.9. The van der Waals surface area contributed by atoms with E-state index in [1.807, 2.05) is 54.7 Å². The van der Waals surface area contributed by atoms with E-state index in [0.29, 0.717) is 19.3 Å². The minimum absolute atomic E-state index is 0.132. The molecule has 6 nitrogen and oxygen atoms in total. The number of unbranched alkanes of at least 4 members (excludes halogenated alkanes) is 9. The summed E-state index contributed by atoms with van der Waals surface area (Å²) in [4.78, 5) is 37.9. The van der Waals surface area contributed by atoms with Crippen molar-refractivity contribution >= 4 is 17.9 Å². The van der Waals surface area contributed by atoms with Gasteiger partial charge in [0.05, 0.1) is 0 Å². The summed E-state index contributed by atoms with van der Waals surface area (Å²) in [5, 5.41) is 0. The molecule has 0 fully saturated rings. The lowest BCUT2D eigenvalue weighted by Crippen LogP contribution is -2.30. The molecule has 0 spiro atoms. The van der Waals surface area contributed by atoms with Crippen molar-refractivity contribution in [1.82, 2.24) is 0 Å². The van der Waals surface area contributed by atoms with Crippen LogP contribution in [0, 0.1) is 0 Å². The summed E-state index contributed by atoms with van der Waals surface area (Å²) < 4.78 is 16.6. The van der Waals surface area contributed by atoms with Crippen molar-refractivity contribution < 1.29 is 28.6 Å². The van der Waals surface area contributed by atoms with E-state index in [2.05, 4.69) is 124 Å². The first-order chi connectivity index (χ1) is 31.0. The Morgan fingerprint density at radius 3 is 1.14 bits per heavy atom. The van der Waals surface area contributed by atoms with Crippen molar-refractivity contribution in [3.63, 3.8) is 0 Å². The molecule has 348 valence electrons. The Morgan fingerprint density at radius 1 is 0.333 bits per heavy atom. The number of allylic oxidation sites excluding steroid dienone is 26. The fraction of sp³-hybridized carbons (Fsp3) is 0.491. The van der Waals surface area contributed by atoms with Gasteiger partial charge in [-0.2, -0.15) is 0 Å². The van der Waals surface area contributed by atoms with Crippen LogP contribution in [0.2, 0.25) is 0 Å². The third-order valence-corrected chi connectivity index (χ3v) is 9.20. The molecule has 6 heteroatoms. The summed E-state index contributed by atoms with van der Waals surface area (Å²) in [5.74, 6) is -1.07. The summed E-state index contributed by atoms with van der Waals surface area (Å²) >= 11 is 0. The largest absolute Gasteiger partial charge is 0.462 e. The van der Waals surface area contributed by atoms with E-state index in [1.165, 1.54) is 0 Å². The maximum atomic E-state index is 12.8. The fourth-order valence-electron chi connectivity index (χ4n) is 5.67. The molecule has 0 aromatic carbocycles. The minimum atomic E-state index is -0.839. The van der Waals surface area contributed by atoms with Crippen molar-refractivity contribution in [2.75, 3.05) is 13.2 Å². The van der Waals surface area contributed by atoms with E-state index >= 15 is 0 Å². The number of carbonyl (C=O) groups is 3. The van der Waals surface area contributed by atoms with Gasteiger partial charge in [-0.15, -0.1) is 0 Å². The summed E-state index contributed by atoms with van der Waals surface area (Å²) in [6, 6.07) is 0. The number of hydrogen-bond acceptors (Lipinski definition) is 6. The van der Waals surface area contributed by atoms with Crippen LogP contribution in [-0.4, -0.2) is 37.2 Å². The molecular weight excluding hydrogens is 781 g/mol. The van der Waals surface area contributed by atoms with E-state index in [0.717, 1.165) is 109 Å². The molecule has 0 aliphatic rings. The van der Waals surface area contributed by atoms with Gasteiger partial charge >= 0.3 is 17.9 Å². The van der Waals surface area contributed by atoms with Crippen molar-refractivity contribution in [2.24, 2.45) is 0 Å². The van der Waals surface area contributed by atoms with Gasteiger partial charge in [0.1, 0.15) is 13.2 Å². The summed E-state index contributed by atoms with van der Waals surface area (Å²) in [6.07, 6.45) is 72.3. The standard InChI is InChI=1S/C57H84O6/c1-4-7-10-13-16-19-22-25-27-28-30-32-35-38-41-44-47-50-56(59)62-53-54(52-61-55(58)49-46-43-40-37-34-31-24-21-18-15-12-9-6-3)63-57(60)51-48-45-42-39-36-33-29-26-23-20-17-14-11-8-5-2/h7-12,14-21,23-27,29-30,32-33,36,38,41,54H,4-6,13,22,28,31,34-35,37,39-40,42-53H2,1-3H3/b10-7-,11-8-,12-9-,17-14-,18-15-,19-16-,23-20-,24-21-,27-25-,29-26-,32-30-,36-33-,41-38-. The Hall–Kier alpha value is -4.97. The Kier molecular flexibility index (Phi) is 45.8. The van der Waals surface area contributed by atoms with E-state index < -0.39 is 6.10 Å². The topological polar surface area (TPSA) is 78.9 Å². The third-order valence-electron chi connectivity index (χ3n) is 9.20. The molecule has 1 atom stereocenters. The first kappa shape index (κ1) is 58.0. The van der Waals surface area contributed by atoms with E-state index in [1.54, 1.807) is 0 Å². The number of ether oxygens (including phenoxy) is 3. The highest BCUT2D eigenvalue weighted by molar-refractivity contribution is 5.71. The molecule has 0 aromatic heterocycles. The highest BCUT2D eigenvalue weighted by Gasteiger charge is 2.19. The van der Waals surface area contributed by atoms with Gasteiger partial charge in [-0.05, 0) is 96.3 Å². The summed E-state index contributed by atoms with van der Waals surface area (Å²) in [6.45, 7) is 6.10. The minimum Gasteiger partial charge on any atom is -0.462 e. The van der Waals surface area contributed by atoms with Crippen LogP contribution < -0.4 is 0 Å². The Balaban J connectivity index is 4.64. The van der Waals surface area contributed by atoms with Crippen molar-refractivity contribution in [3.05, 3.63) is 158 Å². The van der Waals surface area contributed by atoms with E-state index in [-0.39, 0.29) is 44.0 Å². The number of esters is 3. The zero-order valence-corrected chi connectivity index (χ0v) is 39.5. The van der Waals surface area contributed by atoms with Gasteiger partial charge in [0.2, 0.25) is 0 Å². The van der Waals surface area contributed by atoms with Gasteiger partial charge < -0.3 is 14.2 Å². The van der Waals surface area contributed by atoms with E-state index in [9.17, 15) is 14.4 Å². The SMILES string of the molecule is CC\C=C/C=C\C=C/C=C\C=C/CCCCCC(=O)OC(COC(=O)CCC/C=C\C/C=C\C/C=C\C/C=C\C/C=C\CC)COC(=O)CCCCCCC\C=C/C=C\C=C/CC. The van der Waals surface area contributed by atoms with Gasteiger partial charge in [-0.25, -0.2) is 0 Å². The Bertz CT molecular complexity index is 1510. The molecule has 0 saturated carbocycles. The second kappa shape index (κ2) is 49.7. The highest BCUT2D eigenvalue weighted by Crippen LogP contribution is 2.11. The quantitative estimate of drug-likeness (QED) is 0.0201. The van der Waals surface area contributed by atoms with Gasteiger partial charge in [-0.3, -0.25) is 14.4 Å². The van der Waals surface area contributed by atoms with Gasteiger partial charge in [0.15, 0.2) is 6.10 Å². The Morgan fingerprint density at radius 2 is 0.667 bits per heavy atom. The average Bonchev–Trinajstić information content (AvgIpc) is 3.28. The normalized spacial score (nSPS) is 13.5. The maximum absolute atomic E-state index is 12.8. The lowest BCUT2D eigenvalue weighted by molar-refractivity contribution is -0.167. The molecule has 0 radical (unpaired) electrons. The second-order valence-electron chi connectivity index (χ2n) is 15.1. The van der Waals surface area contributed by atoms with Gasteiger partial charge in [0.25, 0.3) is 0 Å². The first-order valence-electron chi connectivity index (χ1n) is 24.1. The molecule has 0 aliphatic heterocycles. The molecule has 0 saturated heterocycles.